The molecule has 5 nitrogen and oxygen atoms in total. The van der Waals surface area contributed by atoms with Gasteiger partial charge in [-0.05, 0) is 23.8 Å². The Kier molecular flexibility index (Phi) is 3.99. The first-order valence-electron chi connectivity index (χ1n) is 5.52. The number of hydrogen-bond donors (Lipinski definition) is 0. The normalized spacial score (nSPS) is 12.0. The van der Waals surface area contributed by atoms with E-state index in [1.54, 1.807) is 0 Å². The Balaban J connectivity index is 2.32. The molecule has 0 aliphatic rings. The molecule has 0 spiro atoms. The summed E-state index contributed by atoms with van der Waals surface area (Å²) in [6.07, 6.45) is -1.46. The summed E-state index contributed by atoms with van der Waals surface area (Å²) >= 11 is 5.92. The molecule has 0 bridgehead atoms. The van der Waals surface area contributed by atoms with Crippen LogP contribution in [0.5, 0.6) is 0 Å². The van der Waals surface area contributed by atoms with Gasteiger partial charge in [0.15, 0.2) is 5.69 Å². The number of nitrogens with zero attached hydrogens (tertiary/aromatic N) is 3. The molecule has 0 saturated carbocycles. The molecule has 0 saturated heterocycles. The molecule has 9 heteroatoms. The van der Waals surface area contributed by atoms with Gasteiger partial charge in [0, 0.05) is 12.3 Å². The van der Waals surface area contributed by atoms with Crippen LogP contribution in [0, 0.1) is 10.1 Å². The number of alkyl halides is 3. The maximum atomic E-state index is 12.5. The lowest BCUT2D eigenvalue weighted by molar-refractivity contribution is -0.400. The lowest BCUT2D eigenvalue weighted by Gasteiger charge is -2.05. The molecule has 1 aromatic carbocycles. The maximum Gasteiger partial charge on any atom is 0.435 e. The zero-order chi connectivity index (χ0) is 15.6. The smallest absolute Gasteiger partial charge is 0.259 e. The Labute approximate surface area is 121 Å². The van der Waals surface area contributed by atoms with Gasteiger partial charge in [0.2, 0.25) is 6.20 Å². The minimum absolute atomic E-state index is 0.162. The lowest BCUT2D eigenvalue weighted by atomic mass is 10.2. The van der Waals surface area contributed by atoms with Crippen LogP contribution in [0.3, 0.4) is 0 Å². The molecule has 0 unspecified atom stereocenters. The third-order valence-electron chi connectivity index (χ3n) is 2.50. The van der Waals surface area contributed by atoms with E-state index in [4.69, 9.17) is 11.6 Å². The van der Waals surface area contributed by atoms with Crippen LogP contribution in [-0.4, -0.2) is 14.7 Å². The van der Waals surface area contributed by atoms with Gasteiger partial charge in [-0.15, -0.1) is 0 Å². The van der Waals surface area contributed by atoms with Crippen LogP contribution in [0.2, 0.25) is 5.02 Å². The van der Waals surface area contributed by atoms with Gasteiger partial charge in [0.25, 0.3) is 0 Å². The zero-order valence-corrected chi connectivity index (χ0v) is 11.0. The average molecular weight is 318 g/mol. The molecule has 21 heavy (non-hydrogen) atoms. The van der Waals surface area contributed by atoms with Gasteiger partial charge < -0.3 is 0 Å². The molecule has 0 radical (unpaired) electrons. The summed E-state index contributed by atoms with van der Waals surface area (Å²) < 4.78 is 38.4. The monoisotopic (exact) mass is 317 g/mol. The molecule has 2 rings (SSSR count). The highest BCUT2D eigenvalue weighted by molar-refractivity contribution is 6.32. The first-order valence-corrected chi connectivity index (χ1v) is 5.89. The van der Waals surface area contributed by atoms with Crippen molar-refractivity contribution in [3.63, 3.8) is 0 Å². The highest BCUT2D eigenvalue weighted by atomic mass is 35.5. The summed E-state index contributed by atoms with van der Waals surface area (Å²) in [5, 5.41) is 13.8. The second kappa shape index (κ2) is 5.57. The number of nitro groups is 1. The molecule has 0 aliphatic carbocycles. The molecule has 1 aromatic heterocycles. The first-order chi connectivity index (χ1) is 9.77. The van der Waals surface area contributed by atoms with Gasteiger partial charge in [-0.1, -0.05) is 17.7 Å². The van der Waals surface area contributed by atoms with Gasteiger partial charge in [-0.2, -0.15) is 18.3 Å². The van der Waals surface area contributed by atoms with E-state index in [0.29, 0.717) is 11.3 Å². The fourth-order valence-electron chi connectivity index (χ4n) is 1.55. The van der Waals surface area contributed by atoms with Crippen molar-refractivity contribution >= 4 is 17.7 Å². The standard InChI is InChI=1S/C12H7ClF3N3O2/c13-10-7-9(2-1-8(10)3-6-19(20)21)18-5-4-11(17-18)12(14,15)16/h1-7H. The van der Waals surface area contributed by atoms with Crippen LogP contribution in [0.25, 0.3) is 11.8 Å². The quantitative estimate of drug-likeness (QED) is 0.639. The van der Waals surface area contributed by atoms with Crippen molar-refractivity contribution in [3.05, 3.63) is 63.1 Å². The van der Waals surface area contributed by atoms with Gasteiger partial charge in [-0.3, -0.25) is 10.1 Å². The van der Waals surface area contributed by atoms with E-state index in [1.807, 2.05) is 0 Å². The van der Waals surface area contributed by atoms with Crippen molar-refractivity contribution < 1.29 is 18.1 Å². The molecule has 1 heterocycles. The Morgan fingerprint density at radius 2 is 2.05 bits per heavy atom. The van der Waals surface area contributed by atoms with Crippen molar-refractivity contribution in [2.24, 2.45) is 0 Å². The lowest BCUT2D eigenvalue weighted by Crippen LogP contribution is -2.07. The van der Waals surface area contributed by atoms with E-state index in [1.165, 1.54) is 24.3 Å². The third kappa shape index (κ3) is 3.60. The molecule has 0 atom stereocenters. The maximum absolute atomic E-state index is 12.5. The van der Waals surface area contributed by atoms with Crippen LogP contribution in [-0.2, 0) is 6.18 Å². The predicted octanol–water partition coefficient (Wildman–Crippen LogP) is 3.79. The van der Waals surface area contributed by atoms with E-state index in [0.717, 1.165) is 23.1 Å². The van der Waals surface area contributed by atoms with Crippen molar-refractivity contribution in [2.75, 3.05) is 0 Å². The SMILES string of the molecule is O=[N+]([O-])C=Cc1ccc(-n2ccc(C(F)(F)F)n2)cc1Cl. The van der Waals surface area contributed by atoms with Crippen molar-refractivity contribution in [1.82, 2.24) is 9.78 Å². The number of hydrogen-bond acceptors (Lipinski definition) is 3. The number of aromatic nitrogens is 2. The van der Waals surface area contributed by atoms with E-state index in [2.05, 4.69) is 5.10 Å². The summed E-state index contributed by atoms with van der Waals surface area (Å²) in [6, 6.07) is 5.12. The third-order valence-corrected chi connectivity index (χ3v) is 2.83. The highest BCUT2D eigenvalue weighted by Gasteiger charge is 2.33. The summed E-state index contributed by atoms with van der Waals surface area (Å²) in [7, 11) is 0. The van der Waals surface area contributed by atoms with Gasteiger partial charge in [0.1, 0.15) is 0 Å². The van der Waals surface area contributed by atoms with Crippen LogP contribution >= 0.6 is 11.6 Å². The predicted molar refractivity (Wildman–Crippen MR) is 69.6 cm³/mol. The summed E-state index contributed by atoms with van der Waals surface area (Å²) in [4.78, 5) is 9.58. The van der Waals surface area contributed by atoms with Crippen LogP contribution < -0.4 is 0 Å². The Bertz CT molecular complexity index is 710. The Morgan fingerprint density at radius 3 is 2.57 bits per heavy atom. The van der Waals surface area contributed by atoms with Crippen molar-refractivity contribution in [2.45, 2.75) is 6.18 Å². The minimum atomic E-state index is -4.52. The first kappa shape index (κ1) is 15.0. The number of rotatable bonds is 3. The number of halogens is 4. The summed E-state index contributed by atoms with van der Waals surface area (Å²) in [5.41, 5.74) is -0.329. The largest absolute Gasteiger partial charge is 0.435 e. The van der Waals surface area contributed by atoms with Crippen LogP contribution in [0.15, 0.2) is 36.7 Å². The molecular weight excluding hydrogens is 311 g/mol. The zero-order valence-electron chi connectivity index (χ0n) is 10.2. The minimum Gasteiger partial charge on any atom is -0.259 e. The molecular formula is C12H7ClF3N3O2. The second-order valence-electron chi connectivity index (χ2n) is 3.95. The van der Waals surface area contributed by atoms with Gasteiger partial charge in [0.05, 0.1) is 15.6 Å². The number of benzene rings is 1. The topological polar surface area (TPSA) is 61.0 Å². The summed E-state index contributed by atoms with van der Waals surface area (Å²) in [5.74, 6) is 0. The summed E-state index contributed by atoms with van der Waals surface area (Å²) in [6.45, 7) is 0. The van der Waals surface area contributed by atoms with Gasteiger partial charge >= 0.3 is 6.18 Å². The van der Waals surface area contributed by atoms with E-state index < -0.39 is 16.8 Å². The molecule has 0 fully saturated rings. The van der Waals surface area contributed by atoms with E-state index >= 15 is 0 Å². The average Bonchev–Trinajstić information content (AvgIpc) is 2.86. The molecule has 110 valence electrons. The van der Waals surface area contributed by atoms with Crippen molar-refractivity contribution in [1.29, 1.82) is 0 Å². The second-order valence-corrected chi connectivity index (χ2v) is 4.36. The highest BCUT2D eigenvalue weighted by Crippen LogP contribution is 2.28. The van der Waals surface area contributed by atoms with E-state index in [-0.39, 0.29) is 5.02 Å². The molecule has 0 amide bonds. The van der Waals surface area contributed by atoms with Gasteiger partial charge in [-0.25, -0.2) is 4.68 Å². The fourth-order valence-corrected chi connectivity index (χ4v) is 1.79. The fraction of sp³-hybridized carbons (Fsp3) is 0.0833. The molecule has 0 aliphatic heterocycles. The molecule has 0 N–H and O–H groups in total. The Morgan fingerprint density at radius 1 is 1.33 bits per heavy atom. The van der Waals surface area contributed by atoms with Crippen molar-refractivity contribution in [3.8, 4) is 5.69 Å². The Hall–Kier alpha value is -2.35. The molecule has 2 aromatic rings. The van der Waals surface area contributed by atoms with Crippen LogP contribution in [0.1, 0.15) is 11.3 Å². The van der Waals surface area contributed by atoms with E-state index in [9.17, 15) is 23.3 Å². The van der Waals surface area contributed by atoms with Crippen LogP contribution in [0.4, 0.5) is 13.2 Å².